The normalized spacial score (nSPS) is 8.91. The van der Waals surface area contributed by atoms with Crippen LogP contribution >= 0.6 is 0 Å². The van der Waals surface area contributed by atoms with Crippen molar-refractivity contribution in [1.82, 2.24) is 5.16 Å². The van der Waals surface area contributed by atoms with Gasteiger partial charge in [-0.05, 0) is 12.1 Å². The summed E-state index contributed by atoms with van der Waals surface area (Å²) in [5, 5.41) is 4.80. The van der Waals surface area contributed by atoms with Crippen LogP contribution in [0.4, 0.5) is 0 Å². The van der Waals surface area contributed by atoms with E-state index in [9.17, 15) is 0 Å². The Balaban J connectivity index is 0.000000281. The van der Waals surface area contributed by atoms with Crippen molar-refractivity contribution in [3.8, 4) is 0 Å². The largest absolute Gasteiger partial charge is 0.364 e. The van der Waals surface area contributed by atoms with Crippen LogP contribution in [0.1, 0.15) is 0 Å². The molecule has 0 unspecified atom stereocenters. The molecule has 1 heterocycles. The van der Waals surface area contributed by atoms with E-state index in [1.165, 1.54) is 0 Å². The molecule has 0 aliphatic carbocycles. The van der Waals surface area contributed by atoms with E-state index in [4.69, 9.17) is 4.52 Å². The van der Waals surface area contributed by atoms with Crippen molar-refractivity contribution in [3.05, 3.63) is 30.5 Å². The molecule has 4 heteroatoms. The Bertz CT molecular complexity index is 288. The average Bonchev–Trinajstić information content (AvgIpc) is 2.55. The third-order valence-electron chi connectivity index (χ3n) is 1.27. The molecule has 1 aromatic heterocycles. The van der Waals surface area contributed by atoms with E-state index in [1.807, 2.05) is 24.3 Å². The van der Waals surface area contributed by atoms with Crippen molar-refractivity contribution in [2.75, 3.05) is 0 Å². The van der Waals surface area contributed by atoms with Gasteiger partial charge >= 0.3 is 0 Å². The topological polar surface area (TPSA) is 78.1 Å². The van der Waals surface area contributed by atoms with Crippen molar-refractivity contribution in [2.24, 2.45) is 11.7 Å². The van der Waals surface area contributed by atoms with Crippen LogP contribution in [0.2, 0.25) is 0 Å². The van der Waals surface area contributed by atoms with E-state index >= 15 is 0 Å². The lowest BCUT2D eigenvalue weighted by Crippen LogP contribution is -2.02. The maximum Gasteiger partial charge on any atom is 0.131 e. The van der Waals surface area contributed by atoms with Crippen LogP contribution in [0.25, 0.3) is 10.9 Å². The monoisotopic (exact) mass is 151 g/mol. The van der Waals surface area contributed by atoms with E-state index in [1.54, 1.807) is 6.26 Å². The number of hydrogen-bond donors (Lipinski definition) is 2. The molecule has 0 saturated carbocycles. The first-order valence-corrected chi connectivity index (χ1v) is 3.09. The smallest absolute Gasteiger partial charge is 0.131 e. The molecule has 4 N–H and O–H groups in total. The van der Waals surface area contributed by atoms with Crippen LogP contribution in [-0.4, -0.2) is 5.16 Å². The van der Waals surface area contributed by atoms with Gasteiger partial charge in [-0.15, -0.1) is 0 Å². The van der Waals surface area contributed by atoms with Gasteiger partial charge in [-0.3, -0.25) is 11.7 Å². The summed E-state index contributed by atoms with van der Waals surface area (Å²) >= 11 is 0. The molecule has 4 nitrogen and oxygen atoms in total. The van der Waals surface area contributed by atoms with Crippen LogP contribution in [0.3, 0.4) is 0 Å². The highest BCUT2D eigenvalue weighted by Gasteiger charge is 1.91. The Labute approximate surface area is 63.7 Å². The summed E-state index contributed by atoms with van der Waals surface area (Å²) in [4.78, 5) is 0. The number of rotatable bonds is 0. The highest BCUT2D eigenvalue weighted by Crippen LogP contribution is 2.09. The molecule has 0 spiro atoms. The molecule has 0 atom stereocenters. The lowest BCUT2D eigenvalue weighted by Gasteiger charge is -1.78. The van der Waals surface area contributed by atoms with E-state index in [0.717, 1.165) is 10.9 Å². The van der Waals surface area contributed by atoms with E-state index in [2.05, 4.69) is 16.8 Å². The van der Waals surface area contributed by atoms with Crippen LogP contribution < -0.4 is 11.7 Å². The van der Waals surface area contributed by atoms with Crippen LogP contribution in [0.15, 0.2) is 35.1 Å². The van der Waals surface area contributed by atoms with Gasteiger partial charge in [-0.1, -0.05) is 17.3 Å². The maximum atomic E-state index is 4.71. The first-order chi connectivity index (χ1) is 5.47. The molecular formula is C7H9N3O. The van der Waals surface area contributed by atoms with E-state index < -0.39 is 0 Å². The Morgan fingerprint density at radius 1 is 1.18 bits per heavy atom. The fourth-order valence-corrected chi connectivity index (χ4v) is 0.810. The van der Waals surface area contributed by atoms with Gasteiger partial charge in [0.2, 0.25) is 0 Å². The average molecular weight is 151 g/mol. The predicted octanol–water partition coefficient (Wildman–Crippen LogP) is 0.647. The van der Waals surface area contributed by atoms with Gasteiger partial charge in [0.15, 0.2) is 0 Å². The van der Waals surface area contributed by atoms with Gasteiger partial charge < -0.3 is 4.52 Å². The van der Waals surface area contributed by atoms with Crippen molar-refractivity contribution < 1.29 is 4.52 Å². The maximum absolute atomic E-state index is 4.71. The Morgan fingerprint density at radius 3 is 2.64 bits per heavy atom. The second kappa shape index (κ2) is 3.70. The zero-order valence-electron chi connectivity index (χ0n) is 5.90. The highest BCUT2D eigenvalue weighted by atomic mass is 16.5. The summed E-state index contributed by atoms with van der Waals surface area (Å²) in [5.41, 5.74) is 0.914. The lowest BCUT2D eigenvalue weighted by molar-refractivity contribution is 0.428. The van der Waals surface area contributed by atoms with Gasteiger partial charge in [-0.2, -0.15) is 0 Å². The summed E-state index contributed by atoms with van der Waals surface area (Å²) < 4.78 is 4.71. The fourth-order valence-electron chi connectivity index (χ4n) is 0.810. The molecule has 0 aliphatic heterocycles. The number of hydrazine groups is 1. The van der Waals surface area contributed by atoms with Crippen LogP contribution in [0, 0.1) is 0 Å². The number of nitrogens with two attached hydrogens (primary N) is 2. The van der Waals surface area contributed by atoms with E-state index in [0.29, 0.717) is 0 Å². The summed E-state index contributed by atoms with van der Waals surface area (Å²) in [6.07, 6.45) is 1.63. The minimum atomic E-state index is 0.914. The van der Waals surface area contributed by atoms with Gasteiger partial charge in [0.05, 0.1) is 0 Å². The molecule has 58 valence electrons. The number of benzene rings is 1. The zero-order chi connectivity index (χ0) is 8.10. The van der Waals surface area contributed by atoms with E-state index in [-0.39, 0.29) is 0 Å². The Morgan fingerprint density at radius 2 is 1.91 bits per heavy atom. The van der Waals surface area contributed by atoms with Gasteiger partial charge in [-0.25, -0.2) is 0 Å². The molecule has 0 saturated heterocycles. The molecule has 11 heavy (non-hydrogen) atoms. The second-order valence-corrected chi connectivity index (χ2v) is 1.87. The first kappa shape index (κ1) is 7.71. The van der Waals surface area contributed by atoms with Crippen molar-refractivity contribution >= 4 is 10.9 Å². The van der Waals surface area contributed by atoms with Gasteiger partial charge in [0.25, 0.3) is 0 Å². The number of hydrogen-bond acceptors (Lipinski definition) is 4. The number of fused-ring (bicyclic) bond motifs is 1. The molecular weight excluding hydrogens is 142 g/mol. The SMILES string of the molecule is NN.c1ccc2nocc2c1. The minimum absolute atomic E-state index is 0.914. The molecule has 0 aliphatic rings. The second-order valence-electron chi connectivity index (χ2n) is 1.87. The summed E-state index contributed by atoms with van der Waals surface area (Å²) in [6, 6.07) is 7.77. The molecule has 1 aromatic carbocycles. The standard InChI is InChI=1S/C7H5NO.H4N2/c1-2-4-7-6(3-1)5-9-8-7;1-2/h1-5H;1-2H2. The third kappa shape index (κ3) is 1.54. The van der Waals surface area contributed by atoms with Gasteiger partial charge in [0.1, 0.15) is 11.8 Å². The van der Waals surface area contributed by atoms with Crippen molar-refractivity contribution in [2.45, 2.75) is 0 Å². The van der Waals surface area contributed by atoms with Crippen molar-refractivity contribution in [1.29, 1.82) is 0 Å². The lowest BCUT2D eigenvalue weighted by atomic mass is 10.3. The van der Waals surface area contributed by atoms with Crippen molar-refractivity contribution in [3.63, 3.8) is 0 Å². The Kier molecular flexibility index (Phi) is 2.59. The highest BCUT2D eigenvalue weighted by molar-refractivity contribution is 5.76. The summed E-state index contributed by atoms with van der Waals surface area (Å²) in [5.74, 6) is 8.00. The first-order valence-electron chi connectivity index (χ1n) is 3.09. The molecule has 2 rings (SSSR count). The summed E-state index contributed by atoms with van der Waals surface area (Å²) in [7, 11) is 0. The van der Waals surface area contributed by atoms with Crippen LogP contribution in [-0.2, 0) is 0 Å². The summed E-state index contributed by atoms with van der Waals surface area (Å²) in [6.45, 7) is 0. The predicted molar refractivity (Wildman–Crippen MR) is 42.4 cm³/mol. The Hall–Kier alpha value is -1.39. The third-order valence-corrected chi connectivity index (χ3v) is 1.27. The number of nitrogens with zero attached hydrogens (tertiary/aromatic N) is 1. The quantitative estimate of drug-likeness (QED) is 0.428. The molecule has 0 bridgehead atoms. The molecule has 0 radical (unpaired) electrons. The van der Waals surface area contributed by atoms with Crippen LogP contribution in [0.5, 0.6) is 0 Å². The zero-order valence-corrected chi connectivity index (χ0v) is 5.90. The fraction of sp³-hybridized carbons (Fsp3) is 0. The molecule has 2 aromatic rings. The minimum Gasteiger partial charge on any atom is -0.364 e. The van der Waals surface area contributed by atoms with Gasteiger partial charge in [0, 0.05) is 5.39 Å². The molecule has 0 amide bonds. The number of aromatic nitrogens is 1. The molecule has 0 fully saturated rings.